The Kier molecular flexibility index (Phi) is 6.74. The van der Waals surface area contributed by atoms with Crippen LogP contribution in [0.25, 0.3) is 16.9 Å². The molecule has 0 bridgehead atoms. The van der Waals surface area contributed by atoms with Crippen molar-refractivity contribution in [2.75, 3.05) is 55.5 Å². The number of pyridine rings is 1. The Morgan fingerprint density at radius 1 is 1.03 bits per heavy atom. The molecule has 0 amide bonds. The molecular weight excluding hydrogens is 463 g/mol. The molecule has 8 nitrogen and oxygen atoms in total. The Morgan fingerprint density at radius 2 is 1.80 bits per heavy atom. The fourth-order valence-electron chi connectivity index (χ4n) is 4.20. The molecular formula is C25H29FN8S. The molecule has 0 radical (unpaired) electrons. The SMILES string of the molecule is CCN1CCN(c2ccc(Nc3ncc4c(F)cn(-c5cccc(N=S(C)C)n5)c4n3)cc2)CC1. The molecule has 0 atom stereocenters. The monoisotopic (exact) mass is 492 g/mol. The normalized spacial score (nSPS) is 14.6. The molecule has 1 aromatic carbocycles. The number of likely N-dealkylation sites (N-methyl/N-ethyl adjacent to an activating group) is 1. The van der Waals surface area contributed by atoms with Gasteiger partial charge >= 0.3 is 0 Å². The van der Waals surface area contributed by atoms with Gasteiger partial charge in [-0.2, -0.15) is 4.98 Å². The zero-order valence-corrected chi connectivity index (χ0v) is 21.0. The Bertz CT molecular complexity index is 1360. The van der Waals surface area contributed by atoms with Crippen LogP contribution in [0.1, 0.15) is 6.92 Å². The van der Waals surface area contributed by atoms with E-state index in [0.717, 1.165) is 38.4 Å². The van der Waals surface area contributed by atoms with E-state index in [0.29, 0.717) is 28.6 Å². The minimum Gasteiger partial charge on any atom is -0.369 e. The van der Waals surface area contributed by atoms with E-state index in [1.807, 2.05) is 42.8 Å². The van der Waals surface area contributed by atoms with E-state index in [4.69, 9.17) is 0 Å². The van der Waals surface area contributed by atoms with Crippen molar-refractivity contribution in [1.29, 1.82) is 0 Å². The smallest absolute Gasteiger partial charge is 0.229 e. The first-order chi connectivity index (χ1) is 17.0. The standard InChI is InChI=1S/C25H29FN8S/c1-4-32-12-14-33(15-13-32)19-10-8-18(9-11-19)28-25-27-16-20-21(26)17-34(24(20)30-25)23-7-5-6-22(29-23)31-35(2)3/h5-11,16-17H,4,12-15H2,1-3H3,(H,27,28,30). The van der Waals surface area contributed by atoms with Gasteiger partial charge in [-0.15, -0.1) is 0 Å². The lowest BCUT2D eigenvalue weighted by Crippen LogP contribution is -2.46. The summed E-state index contributed by atoms with van der Waals surface area (Å²) in [6.07, 6.45) is 6.92. The summed E-state index contributed by atoms with van der Waals surface area (Å²) >= 11 is 0. The average Bonchev–Trinajstić information content (AvgIpc) is 3.20. The quantitative estimate of drug-likeness (QED) is 0.426. The molecule has 3 aromatic heterocycles. The van der Waals surface area contributed by atoms with Gasteiger partial charge in [-0.1, -0.05) is 23.7 Å². The first-order valence-corrected chi connectivity index (χ1v) is 13.6. The van der Waals surface area contributed by atoms with Crippen LogP contribution in [-0.4, -0.2) is 69.7 Å². The van der Waals surface area contributed by atoms with Gasteiger partial charge in [-0.05, 0) is 55.5 Å². The number of fused-ring (bicyclic) bond motifs is 1. The zero-order valence-electron chi connectivity index (χ0n) is 20.1. The van der Waals surface area contributed by atoms with Gasteiger partial charge in [-0.25, -0.2) is 18.7 Å². The number of rotatable bonds is 6. The molecule has 35 heavy (non-hydrogen) atoms. The second-order valence-corrected chi connectivity index (χ2v) is 10.3. The first kappa shape index (κ1) is 23.4. The van der Waals surface area contributed by atoms with Crippen LogP contribution in [0.4, 0.5) is 27.5 Å². The molecule has 4 aromatic rings. The Morgan fingerprint density at radius 3 is 2.51 bits per heavy atom. The molecule has 0 saturated carbocycles. The van der Waals surface area contributed by atoms with E-state index in [2.05, 4.69) is 53.5 Å². The van der Waals surface area contributed by atoms with Crippen LogP contribution in [-0.2, 0) is 10.7 Å². The molecule has 1 aliphatic rings. The van der Waals surface area contributed by atoms with Crippen molar-refractivity contribution in [3.05, 3.63) is 60.7 Å². The maximum absolute atomic E-state index is 14.7. The number of nitrogens with one attached hydrogen (secondary N) is 1. The van der Waals surface area contributed by atoms with Crippen LogP contribution >= 0.6 is 0 Å². The zero-order chi connectivity index (χ0) is 24.4. The van der Waals surface area contributed by atoms with Gasteiger partial charge in [-0.3, -0.25) is 4.57 Å². The highest BCUT2D eigenvalue weighted by Crippen LogP contribution is 2.25. The van der Waals surface area contributed by atoms with Crippen molar-refractivity contribution in [3.63, 3.8) is 0 Å². The maximum Gasteiger partial charge on any atom is 0.229 e. The highest BCUT2D eigenvalue weighted by Gasteiger charge is 2.16. The Labute approximate surface area is 206 Å². The number of anilines is 3. The predicted molar refractivity (Wildman–Crippen MR) is 142 cm³/mol. The summed E-state index contributed by atoms with van der Waals surface area (Å²) in [6, 6.07) is 13.8. The van der Waals surface area contributed by atoms with Crippen molar-refractivity contribution in [1.82, 2.24) is 24.4 Å². The first-order valence-electron chi connectivity index (χ1n) is 11.6. The molecule has 1 N–H and O–H groups in total. The third kappa shape index (κ3) is 5.18. The topological polar surface area (TPSA) is 74.5 Å². The number of aromatic nitrogens is 4. The lowest BCUT2D eigenvalue weighted by molar-refractivity contribution is 0.271. The third-order valence-electron chi connectivity index (χ3n) is 6.05. The van der Waals surface area contributed by atoms with Crippen molar-refractivity contribution < 1.29 is 4.39 Å². The minimum atomic E-state index is -0.394. The van der Waals surface area contributed by atoms with Crippen LogP contribution in [0, 0.1) is 5.82 Å². The van der Waals surface area contributed by atoms with E-state index in [1.54, 1.807) is 4.57 Å². The highest BCUT2D eigenvalue weighted by molar-refractivity contribution is 7.85. The fraction of sp³-hybridized carbons (Fsp3) is 0.320. The number of nitrogens with zero attached hydrogens (tertiary/aromatic N) is 7. The van der Waals surface area contributed by atoms with Gasteiger partial charge in [0.1, 0.15) is 5.82 Å². The molecule has 0 aliphatic carbocycles. The molecule has 182 valence electrons. The fourth-order valence-corrected chi connectivity index (χ4v) is 4.67. The van der Waals surface area contributed by atoms with Gasteiger partial charge in [0.05, 0.1) is 5.39 Å². The minimum absolute atomic E-state index is 0.147. The van der Waals surface area contributed by atoms with Crippen LogP contribution < -0.4 is 10.2 Å². The van der Waals surface area contributed by atoms with E-state index in [-0.39, 0.29) is 10.7 Å². The Hall–Kier alpha value is -3.37. The molecule has 1 saturated heterocycles. The van der Waals surface area contributed by atoms with Gasteiger partial charge < -0.3 is 15.1 Å². The third-order valence-corrected chi connectivity index (χ3v) is 6.60. The molecule has 10 heteroatoms. The summed E-state index contributed by atoms with van der Waals surface area (Å²) in [5.41, 5.74) is 2.52. The summed E-state index contributed by atoms with van der Waals surface area (Å²) in [7, 11) is -0.147. The number of piperazine rings is 1. The lowest BCUT2D eigenvalue weighted by Gasteiger charge is -2.35. The number of hydrogen-bond donors (Lipinski definition) is 1. The summed E-state index contributed by atoms with van der Waals surface area (Å²) in [6.45, 7) is 7.54. The molecule has 0 unspecified atom stereocenters. The largest absolute Gasteiger partial charge is 0.369 e. The van der Waals surface area contributed by atoms with Crippen LogP contribution in [0.5, 0.6) is 0 Å². The van der Waals surface area contributed by atoms with Crippen LogP contribution in [0.2, 0.25) is 0 Å². The van der Waals surface area contributed by atoms with Crippen molar-refractivity contribution in [2.24, 2.45) is 4.36 Å². The van der Waals surface area contributed by atoms with E-state index < -0.39 is 5.82 Å². The summed E-state index contributed by atoms with van der Waals surface area (Å²) < 4.78 is 20.8. The van der Waals surface area contributed by atoms with Crippen molar-refractivity contribution in [2.45, 2.75) is 6.92 Å². The van der Waals surface area contributed by atoms with E-state index in [1.165, 1.54) is 18.1 Å². The van der Waals surface area contributed by atoms with Crippen LogP contribution in [0.3, 0.4) is 0 Å². The molecule has 1 fully saturated rings. The Balaban J connectivity index is 1.38. The molecule has 5 rings (SSSR count). The predicted octanol–water partition coefficient (Wildman–Crippen LogP) is 4.53. The number of halogens is 1. The second kappa shape index (κ2) is 10.1. The van der Waals surface area contributed by atoms with E-state index in [9.17, 15) is 4.39 Å². The highest BCUT2D eigenvalue weighted by atomic mass is 32.2. The van der Waals surface area contributed by atoms with Gasteiger partial charge in [0.2, 0.25) is 5.95 Å². The average molecular weight is 493 g/mol. The van der Waals surface area contributed by atoms with Gasteiger partial charge in [0, 0.05) is 49.9 Å². The van der Waals surface area contributed by atoms with Crippen LogP contribution in [0.15, 0.2) is 59.2 Å². The van der Waals surface area contributed by atoms with Crippen molar-refractivity contribution in [3.8, 4) is 5.82 Å². The molecule has 1 aliphatic heterocycles. The molecule has 0 spiro atoms. The number of hydrogen-bond acceptors (Lipinski definition) is 7. The lowest BCUT2D eigenvalue weighted by atomic mass is 10.2. The molecule has 4 heterocycles. The summed E-state index contributed by atoms with van der Waals surface area (Å²) in [5, 5.41) is 3.59. The summed E-state index contributed by atoms with van der Waals surface area (Å²) in [5.74, 6) is 1.17. The maximum atomic E-state index is 14.7. The van der Waals surface area contributed by atoms with Gasteiger partial charge in [0.25, 0.3) is 0 Å². The second-order valence-electron chi connectivity index (χ2n) is 8.59. The van der Waals surface area contributed by atoms with Crippen molar-refractivity contribution >= 4 is 44.9 Å². The summed E-state index contributed by atoms with van der Waals surface area (Å²) in [4.78, 5) is 18.4. The van der Waals surface area contributed by atoms with Gasteiger partial charge in [0.15, 0.2) is 17.3 Å². The number of benzene rings is 1. The van der Waals surface area contributed by atoms with E-state index >= 15 is 0 Å².